The molecule has 1 N–H and O–H groups in total. The van der Waals surface area contributed by atoms with Gasteiger partial charge in [0.2, 0.25) is 0 Å². The molecule has 0 aliphatic carbocycles. The Hall–Kier alpha value is -1.64. The second-order valence-electron chi connectivity index (χ2n) is 4.68. The summed E-state index contributed by atoms with van der Waals surface area (Å²) < 4.78 is 5.52. The fourth-order valence-corrected chi connectivity index (χ4v) is 1.95. The lowest BCUT2D eigenvalue weighted by atomic mass is 10.1. The van der Waals surface area contributed by atoms with Crippen LogP contribution in [0.5, 0.6) is 0 Å². The van der Waals surface area contributed by atoms with Crippen molar-refractivity contribution in [3.05, 3.63) is 71.8 Å². The first kappa shape index (κ1) is 13.8. The first-order valence-corrected chi connectivity index (χ1v) is 6.68. The summed E-state index contributed by atoms with van der Waals surface area (Å²) in [6, 6.07) is 20.2. The molecule has 19 heavy (non-hydrogen) atoms. The summed E-state index contributed by atoms with van der Waals surface area (Å²) >= 11 is 0. The van der Waals surface area contributed by atoms with Crippen LogP contribution < -0.4 is 0 Å². The van der Waals surface area contributed by atoms with Crippen LogP contribution in [0.4, 0.5) is 0 Å². The molecule has 0 bridgehead atoms. The quantitative estimate of drug-likeness (QED) is 0.824. The molecule has 0 saturated carbocycles. The lowest BCUT2D eigenvalue weighted by molar-refractivity contribution is 0.0247. The number of rotatable bonds is 7. The van der Waals surface area contributed by atoms with Crippen molar-refractivity contribution >= 4 is 0 Å². The van der Waals surface area contributed by atoms with E-state index in [-0.39, 0.29) is 0 Å². The van der Waals surface area contributed by atoms with Crippen LogP contribution in [0.25, 0.3) is 0 Å². The highest BCUT2D eigenvalue weighted by Crippen LogP contribution is 2.06. The molecule has 2 aromatic rings. The second-order valence-corrected chi connectivity index (χ2v) is 4.68. The van der Waals surface area contributed by atoms with Gasteiger partial charge in [0.25, 0.3) is 0 Å². The van der Waals surface area contributed by atoms with E-state index < -0.39 is 6.10 Å². The Morgan fingerprint density at radius 2 is 1.42 bits per heavy atom. The predicted molar refractivity (Wildman–Crippen MR) is 76.9 cm³/mol. The Labute approximate surface area is 114 Å². The molecule has 2 aromatic carbocycles. The highest BCUT2D eigenvalue weighted by molar-refractivity contribution is 5.15. The molecule has 0 saturated heterocycles. The van der Waals surface area contributed by atoms with Gasteiger partial charge in [0.15, 0.2) is 0 Å². The van der Waals surface area contributed by atoms with Gasteiger partial charge in [-0.1, -0.05) is 60.7 Å². The third kappa shape index (κ3) is 5.25. The summed E-state index contributed by atoms with van der Waals surface area (Å²) in [6.07, 6.45) is 1.22. The van der Waals surface area contributed by atoms with Crippen molar-refractivity contribution in [3.8, 4) is 0 Å². The average Bonchev–Trinajstić information content (AvgIpc) is 2.47. The summed E-state index contributed by atoms with van der Waals surface area (Å²) in [6.45, 7) is 0.949. The molecule has 100 valence electrons. The van der Waals surface area contributed by atoms with Crippen LogP contribution >= 0.6 is 0 Å². The maximum Gasteiger partial charge on any atom is 0.0777 e. The summed E-state index contributed by atoms with van der Waals surface area (Å²) in [4.78, 5) is 0. The third-order valence-corrected chi connectivity index (χ3v) is 3.03. The first-order chi connectivity index (χ1) is 9.34. The van der Waals surface area contributed by atoms with E-state index in [1.54, 1.807) is 0 Å². The number of hydrogen-bond donors (Lipinski definition) is 1. The minimum Gasteiger partial charge on any atom is -0.391 e. The molecule has 0 spiro atoms. The average molecular weight is 256 g/mol. The van der Waals surface area contributed by atoms with Crippen molar-refractivity contribution in [2.75, 3.05) is 6.61 Å². The SMILES string of the molecule is O[C@@H](CCc1ccccc1)COCc1ccccc1. The number of aryl methyl sites for hydroxylation is 1. The Morgan fingerprint density at radius 3 is 2.05 bits per heavy atom. The number of hydrogen-bond acceptors (Lipinski definition) is 2. The Balaban J connectivity index is 1.64. The van der Waals surface area contributed by atoms with Crippen molar-refractivity contribution < 1.29 is 9.84 Å². The zero-order chi connectivity index (χ0) is 13.3. The van der Waals surface area contributed by atoms with Crippen LogP contribution in [0.15, 0.2) is 60.7 Å². The topological polar surface area (TPSA) is 29.5 Å². The van der Waals surface area contributed by atoms with Gasteiger partial charge in [0.05, 0.1) is 19.3 Å². The van der Waals surface area contributed by atoms with E-state index in [0.29, 0.717) is 13.2 Å². The van der Waals surface area contributed by atoms with Gasteiger partial charge >= 0.3 is 0 Å². The summed E-state index contributed by atoms with van der Waals surface area (Å²) in [5.41, 5.74) is 2.39. The van der Waals surface area contributed by atoms with Crippen molar-refractivity contribution in [3.63, 3.8) is 0 Å². The van der Waals surface area contributed by atoms with E-state index in [2.05, 4.69) is 12.1 Å². The largest absolute Gasteiger partial charge is 0.391 e. The predicted octanol–water partition coefficient (Wildman–Crippen LogP) is 3.20. The summed E-state index contributed by atoms with van der Waals surface area (Å²) in [5, 5.41) is 9.86. The van der Waals surface area contributed by atoms with Crippen LogP contribution in [-0.4, -0.2) is 17.8 Å². The minimum absolute atomic E-state index is 0.391. The molecule has 2 heteroatoms. The van der Waals surface area contributed by atoms with Gasteiger partial charge < -0.3 is 9.84 Å². The molecule has 0 aliphatic rings. The molecule has 0 amide bonds. The van der Waals surface area contributed by atoms with Crippen molar-refractivity contribution in [2.24, 2.45) is 0 Å². The maximum absolute atomic E-state index is 9.86. The molecule has 0 aromatic heterocycles. The van der Waals surface area contributed by atoms with Gasteiger partial charge in [-0.3, -0.25) is 0 Å². The standard InChI is InChI=1S/C17H20O2/c18-17(12-11-15-7-3-1-4-8-15)14-19-13-16-9-5-2-6-10-16/h1-10,17-18H,11-14H2/t17-/m0/s1. The third-order valence-electron chi connectivity index (χ3n) is 3.03. The van der Waals surface area contributed by atoms with Crippen molar-refractivity contribution in [2.45, 2.75) is 25.6 Å². The molecule has 0 unspecified atom stereocenters. The zero-order valence-corrected chi connectivity index (χ0v) is 11.0. The lowest BCUT2D eigenvalue weighted by Crippen LogP contribution is -2.16. The smallest absolute Gasteiger partial charge is 0.0777 e. The van der Waals surface area contributed by atoms with E-state index in [0.717, 1.165) is 18.4 Å². The van der Waals surface area contributed by atoms with Crippen LogP contribution in [0, 0.1) is 0 Å². The lowest BCUT2D eigenvalue weighted by Gasteiger charge is -2.11. The molecule has 0 aliphatic heterocycles. The fraction of sp³-hybridized carbons (Fsp3) is 0.294. The first-order valence-electron chi connectivity index (χ1n) is 6.68. The Morgan fingerprint density at radius 1 is 0.842 bits per heavy atom. The van der Waals surface area contributed by atoms with Crippen LogP contribution in [0.3, 0.4) is 0 Å². The molecule has 1 atom stereocenters. The highest BCUT2D eigenvalue weighted by Gasteiger charge is 2.05. The van der Waals surface area contributed by atoms with Crippen molar-refractivity contribution in [1.29, 1.82) is 0 Å². The zero-order valence-electron chi connectivity index (χ0n) is 11.0. The van der Waals surface area contributed by atoms with Gasteiger partial charge in [0, 0.05) is 0 Å². The molecule has 2 nitrogen and oxygen atoms in total. The fourth-order valence-electron chi connectivity index (χ4n) is 1.95. The van der Waals surface area contributed by atoms with Crippen LogP contribution in [0.1, 0.15) is 17.5 Å². The van der Waals surface area contributed by atoms with Crippen molar-refractivity contribution in [1.82, 2.24) is 0 Å². The van der Waals surface area contributed by atoms with Gasteiger partial charge in [-0.2, -0.15) is 0 Å². The van der Waals surface area contributed by atoms with E-state index in [1.807, 2.05) is 48.5 Å². The van der Waals surface area contributed by atoms with Crippen LogP contribution in [0.2, 0.25) is 0 Å². The molecular weight excluding hydrogens is 236 g/mol. The number of aliphatic hydroxyl groups is 1. The van der Waals surface area contributed by atoms with Gasteiger partial charge in [-0.15, -0.1) is 0 Å². The number of aliphatic hydroxyl groups excluding tert-OH is 1. The minimum atomic E-state index is -0.399. The Bertz CT molecular complexity index is 453. The molecular formula is C17H20O2. The van der Waals surface area contributed by atoms with Gasteiger partial charge in [0.1, 0.15) is 0 Å². The monoisotopic (exact) mass is 256 g/mol. The van der Waals surface area contributed by atoms with Gasteiger partial charge in [-0.25, -0.2) is 0 Å². The van der Waals surface area contributed by atoms with E-state index in [1.165, 1.54) is 5.56 Å². The molecule has 2 rings (SSSR count). The molecule has 0 heterocycles. The Kier molecular flexibility index (Phi) is 5.60. The molecule has 0 radical (unpaired) electrons. The van der Waals surface area contributed by atoms with E-state index in [4.69, 9.17) is 4.74 Å². The van der Waals surface area contributed by atoms with E-state index >= 15 is 0 Å². The number of ether oxygens (including phenoxy) is 1. The molecule has 0 fully saturated rings. The van der Waals surface area contributed by atoms with Gasteiger partial charge in [-0.05, 0) is 24.0 Å². The number of benzene rings is 2. The maximum atomic E-state index is 9.86. The highest BCUT2D eigenvalue weighted by atomic mass is 16.5. The summed E-state index contributed by atoms with van der Waals surface area (Å²) in [5.74, 6) is 0. The second kappa shape index (κ2) is 7.72. The normalized spacial score (nSPS) is 12.3. The van der Waals surface area contributed by atoms with Crippen LogP contribution in [-0.2, 0) is 17.8 Å². The summed E-state index contributed by atoms with van der Waals surface area (Å²) in [7, 11) is 0. The van der Waals surface area contributed by atoms with E-state index in [9.17, 15) is 5.11 Å².